The number of likely N-dealkylation sites (N-methyl/N-ethyl adjacent to an activating group) is 2. The Morgan fingerprint density at radius 2 is 1.32 bits per heavy atom. The summed E-state index contributed by atoms with van der Waals surface area (Å²) in [5.74, 6) is -2.73. The first-order valence-corrected chi connectivity index (χ1v) is 18.7. The number of halogens is 1. The second kappa shape index (κ2) is 17.9. The molecule has 3 aromatic carbocycles. The molecular weight excluding hydrogens is 742 g/mol. The fourth-order valence-corrected chi connectivity index (χ4v) is 7.09. The van der Waals surface area contributed by atoms with Crippen LogP contribution >= 0.6 is 11.6 Å². The van der Waals surface area contributed by atoms with Gasteiger partial charge in [-0.15, -0.1) is 0 Å². The minimum Gasteiger partial charge on any atom is -0.497 e. The molecule has 0 aliphatic carbocycles. The molecule has 3 N–H and O–H groups in total. The summed E-state index contributed by atoms with van der Waals surface area (Å²) in [5.41, 5.74) is 1.89. The maximum absolute atomic E-state index is 14.4. The van der Waals surface area contributed by atoms with Gasteiger partial charge in [0.2, 0.25) is 29.5 Å². The van der Waals surface area contributed by atoms with Crippen LogP contribution < -0.4 is 30.2 Å². The molecule has 1 fully saturated rings. The average molecular weight is 790 g/mol. The number of nitrogens with zero attached hydrogens (tertiary/aromatic N) is 2. The first-order valence-electron chi connectivity index (χ1n) is 18.3. The number of carbonyl (C=O) groups excluding carboxylic acids is 6. The van der Waals surface area contributed by atoms with E-state index in [2.05, 4.69) is 16.0 Å². The highest BCUT2D eigenvalue weighted by Gasteiger charge is 2.37. The van der Waals surface area contributed by atoms with Crippen molar-refractivity contribution in [2.75, 3.05) is 28.3 Å². The quantitative estimate of drug-likeness (QED) is 0.359. The van der Waals surface area contributed by atoms with Crippen LogP contribution in [0, 0.1) is 5.92 Å². The Kier molecular flexibility index (Phi) is 13.3. The third-order valence-electron chi connectivity index (χ3n) is 10.3. The van der Waals surface area contributed by atoms with Crippen molar-refractivity contribution in [3.05, 3.63) is 82.4 Å². The summed E-state index contributed by atoms with van der Waals surface area (Å²) in [5, 5.41) is 8.38. The SMILES string of the molecule is COc1ccc(C[C@H]2C(=O)N[C@@H](C)C(=O)N(C)[C@H]3Cc4ccc(cc4)Oc4cc(c(Cl)cc4OC)C[C@H](CC3=O)C(=O)N[C@H](C)C(=O)N[C@@H](C)C(=O)N2C)cc1. The highest BCUT2D eigenvalue weighted by Crippen LogP contribution is 2.38. The van der Waals surface area contributed by atoms with Gasteiger partial charge in [0.25, 0.3) is 0 Å². The zero-order chi connectivity index (χ0) is 40.8. The summed E-state index contributed by atoms with van der Waals surface area (Å²) in [6.45, 7) is 4.44. The number of ketones is 1. The minimum atomic E-state index is -1.13. The molecule has 298 valence electrons. The molecule has 0 unspecified atom stereocenters. The molecule has 3 aromatic rings. The summed E-state index contributed by atoms with van der Waals surface area (Å²) in [6.07, 6.45) is -0.206. The molecule has 15 heteroatoms. The van der Waals surface area contributed by atoms with E-state index in [1.165, 1.54) is 58.9 Å². The molecule has 6 bridgehead atoms. The number of nitrogens with one attached hydrogen (secondary N) is 3. The lowest BCUT2D eigenvalue weighted by Crippen LogP contribution is -2.59. The number of ether oxygens (including phenoxy) is 3. The van der Waals surface area contributed by atoms with Crippen molar-refractivity contribution in [1.82, 2.24) is 25.8 Å². The molecule has 0 radical (unpaired) electrons. The van der Waals surface area contributed by atoms with Gasteiger partial charge in [0.1, 0.15) is 35.7 Å². The van der Waals surface area contributed by atoms with Gasteiger partial charge in [-0.2, -0.15) is 0 Å². The lowest BCUT2D eigenvalue weighted by atomic mass is 9.88. The average Bonchev–Trinajstić information content (AvgIpc) is 3.18. The van der Waals surface area contributed by atoms with Gasteiger partial charge in [-0.05, 0) is 80.6 Å². The van der Waals surface area contributed by atoms with Gasteiger partial charge in [-0.25, -0.2) is 0 Å². The van der Waals surface area contributed by atoms with E-state index in [1.807, 2.05) is 0 Å². The third kappa shape index (κ3) is 9.59. The zero-order valence-corrected chi connectivity index (χ0v) is 33.3. The van der Waals surface area contributed by atoms with Crippen LogP contribution in [0.5, 0.6) is 23.0 Å². The molecule has 3 heterocycles. The fourth-order valence-electron chi connectivity index (χ4n) is 6.86. The molecule has 0 saturated carbocycles. The lowest BCUT2D eigenvalue weighted by molar-refractivity contribution is -0.144. The molecule has 56 heavy (non-hydrogen) atoms. The monoisotopic (exact) mass is 789 g/mol. The van der Waals surface area contributed by atoms with Crippen molar-refractivity contribution in [2.24, 2.45) is 5.92 Å². The number of benzene rings is 3. The minimum absolute atomic E-state index is 0.0329. The van der Waals surface area contributed by atoms with E-state index in [4.69, 9.17) is 25.8 Å². The Labute approximate surface area is 331 Å². The van der Waals surface area contributed by atoms with E-state index >= 15 is 0 Å². The molecular formula is C41H48ClN5O9. The normalized spacial score (nSPS) is 24.3. The Morgan fingerprint density at radius 1 is 0.714 bits per heavy atom. The smallest absolute Gasteiger partial charge is 0.245 e. The summed E-state index contributed by atoms with van der Waals surface area (Å²) >= 11 is 6.69. The van der Waals surface area contributed by atoms with E-state index in [1.54, 1.807) is 60.7 Å². The summed E-state index contributed by atoms with van der Waals surface area (Å²) < 4.78 is 16.9. The van der Waals surface area contributed by atoms with Gasteiger partial charge in [-0.3, -0.25) is 28.8 Å². The summed E-state index contributed by atoms with van der Waals surface area (Å²) in [6, 6.07) is 11.7. The Bertz CT molecular complexity index is 1970. The molecule has 0 spiro atoms. The van der Waals surface area contributed by atoms with Crippen LogP contribution in [0.4, 0.5) is 0 Å². The number of carbonyl (C=O) groups is 6. The van der Waals surface area contributed by atoms with Crippen LogP contribution in [0.1, 0.15) is 43.9 Å². The highest BCUT2D eigenvalue weighted by molar-refractivity contribution is 6.31. The first kappa shape index (κ1) is 41.5. The summed E-state index contributed by atoms with van der Waals surface area (Å²) in [7, 11) is 5.93. The van der Waals surface area contributed by atoms with Crippen LogP contribution in [0.15, 0.2) is 60.7 Å². The molecule has 6 rings (SSSR count). The second-order valence-corrected chi connectivity index (χ2v) is 14.7. The van der Waals surface area contributed by atoms with Crippen molar-refractivity contribution in [2.45, 2.75) is 76.7 Å². The second-order valence-electron chi connectivity index (χ2n) is 14.3. The predicted octanol–water partition coefficient (Wildman–Crippen LogP) is 3.25. The lowest BCUT2D eigenvalue weighted by Gasteiger charge is -2.33. The van der Waals surface area contributed by atoms with Crippen molar-refractivity contribution in [3.63, 3.8) is 0 Å². The van der Waals surface area contributed by atoms with Crippen molar-refractivity contribution >= 4 is 46.9 Å². The van der Waals surface area contributed by atoms with Crippen molar-refractivity contribution in [3.8, 4) is 23.0 Å². The van der Waals surface area contributed by atoms with Crippen LogP contribution in [-0.2, 0) is 48.0 Å². The predicted molar refractivity (Wildman–Crippen MR) is 208 cm³/mol. The standard InChI is InChI=1S/C41H48ClN5O9/c1-22-37(49)44-23(2)41(53)47(5)33(17-26-8-12-29(54-6)13-9-26)39(51)45-24(3)40(52)46(4)32-16-25-10-14-30(15-11-25)56-36-20-27(31(42)21-35(36)55-7)18-28(19-34(32)48)38(50)43-22/h8-15,20-24,28,32-33H,16-19H2,1-7H3,(H,43,50)(H,44,49)(H,45,51)/t22-,23+,24+,28-,32+,33+/m1/s1. The number of hydrogen-bond donors (Lipinski definition) is 3. The molecule has 14 nitrogen and oxygen atoms in total. The van der Waals surface area contributed by atoms with Gasteiger partial charge in [-0.1, -0.05) is 35.9 Å². The van der Waals surface area contributed by atoms with E-state index < -0.39 is 71.4 Å². The molecule has 1 saturated heterocycles. The fraction of sp³-hybridized carbons (Fsp3) is 0.415. The number of hydrogen-bond acceptors (Lipinski definition) is 9. The third-order valence-corrected chi connectivity index (χ3v) is 10.7. The molecule has 6 atom stereocenters. The van der Waals surface area contributed by atoms with Gasteiger partial charge in [0.05, 0.1) is 20.3 Å². The molecule has 0 aromatic heterocycles. The van der Waals surface area contributed by atoms with E-state index in [0.717, 1.165) is 0 Å². The summed E-state index contributed by atoms with van der Waals surface area (Å²) in [4.78, 5) is 86.4. The van der Waals surface area contributed by atoms with Gasteiger partial charge < -0.3 is 40.0 Å². The van der Waals surface area contributed by atoms with E-state index in [9.17, 15) is 28.8 Å². The van der Waals surface area contributed by atoms with Crippen LogP contribution in [0.25, 0.3) is 0 Å². The Morgan fingerprint density at radius 3 is 1.95 bits per heavy atom. The highest BCUT2D eigenvalue weighted by atomic mass is 35.5. The maximum atomic E-state index is 14.4. The number of fused-ring (bicyclic) bond motifs is 2. The first-order chi connectivity index (χ1) is 26.6. The number of Topliss-reactive ketones (excluding diaryl/α,β-unsaturated/α-hetero) is 1. The molecule has 3 aliphatic rings. The largest absolute Gasteiger partial charge is 0.497 e. The van der Waals surface area contributed by atoms with Gasteiger partial charge >= 0.3 is 0 Å². The number of methoxy groups -OCH3 is 2. The number of rotatable bonds is 4. The molecule has 5 amide bonds. The molecule has 3 aliphatic heterocycles. The van der Waals surface area contributed by atoms with Crippen molar-refractivity contribution in [1.29, 1.82) is 0 Å². The van der Waals surface area contributed by atoms with Crippen LogP contribution in [-0.4, -0.2) is 104 Å². The topological polar surface area (TPSA) is 173 Å². The van der Waals surface area contributed by atoms with Gasteiger partial charge in [0.15, 0.2) is 17.3 Å². The van der Waals surface area contributed by atoms with Gasteiger partial charge in [0, 0.05) is 43.9 Å². The zero-order valence-electron chi connectivity index (χ0n) is 32.5. The van der Waals surface area contributed by atoms with Crippen molar-refractivity contribution < 1.29 is 43.0 Å². The van der Waals surface area contributed by atoms with Crippen LogP contribution in [0.3, 0.4) is 0 Å². The Balaban J connectivity index is 1.56. The van der Waals surface area contributed by atoms with E-state index in [-0.39, 0.29) is 30.7 Å². The van der Waals surface area contributed by atoms with Crippen LogP contribution in [0.2, 0.25) is 5.02 Å². The Hall–Kier alpha value is -5.63. The maximum Gasteiger partial charge on any atom is 0.245 e. The van der Waals surface area contributed by atoms with E-state index in [0.29, 0.717) is 39.7 Å². The number of amides is 5.